The van der Waals surface area contributed by atoms with Gasteiger partial charge in [-0.3, -0.25) is 4.79 Å². The Balaban J connectivity index is 2.69. The standard InChI is InChI=1S/C11H19Cl3N2O/c1-8(2)9(17)15-10(11(12,13)14)16-6-4-3-5-7-16/h8,10H,3-7H2,1-2H3,(H,15,17)/p+1/t10-/m1/s1. The van der Waals surface area contributed by atoms with Gasteiger partial charge < -0.3 is 10.2 Å². The van der Waals surface area contributed by atoms with E-state index in [4.69, 9.17) is 34.8 Å². The zero-order chi connectivity index (χ0) is 13.1. The molecule has 0 aromatic heterocycles. The number of nitrogens with one attached hydrogen (secondary N) is 2. The number of hydrogen-bond acceptors (Lipinski definition) is 1. The predicted octanol–water partition coefficient (Wildman–Crippen LogP) is 1.52. The van der Waals surface area contributed by atoms with Gasteiger partial charge in [0, 0.05) is 5.92 Å². The molecular formula is C11H20Cl3N2O+. The van der Waals surface area contributed by atoms with Crippen molar-refractivity contribution in [1.82, 2.24) is 5.32 Å². The number of carbonyl (C=O) groups excluding carboxylic acids is 1. The van der Waals surface area contributed by atoms with Crippen LogP contribution in [0.15, 0.2) is 0 Å². The Kier molecular flexibility index (Phi) is 5.84. The molecule has 1 atom stereocenters. The van der Waals surface area contributed by atoms with Crippen molar-refractivity contribution in [2.75, 3.05) is 13.1 Å². The zero-order valence-corrected chi connectivity index (χ0v) is 12.5. The molecule has 1 aliphatic heterocycles. The Morgan fingerprint density at radius 2 is 1.71 bits per heavy atom. The van der Waals surface area contributed by atoms with Crippen molar-refractivity contribution in [2.45, 2.75) is 43.1 Å². The third kappa shape index (κ3) is 4.82. The molecule has 2 N–H and O–H groups in total. The summed E-state index contributed by atoms with van der Waals surface area (Å²) in [7, 11) is 0. The Labute approximate surface area is 118 Å². The molecule has 0 aromatic rings. The first-order valence-corrected chi connectivity index (χ1v) is 7.17. The summed E-state index contributed by atoms with van der Waals surface area (Å²) in [5.74, 6) is -0.173. The maximum atomic E-state index is 11.7. The van der Waals surface area contributed by atoms with E-state index in [1.54, 1.807) is 0 Å². The second-order valence-electron chi connectivity index (χ2n) is 4.86. The molecule has 3 nitrogen and oxygen atoms in total. The second kappa shape index (κ2) is 6.46. The number of amides is 1. The molecule has 0 aromatic carbocycles. The van der Waals surface area contributed by atoms with Gasteiger partial charge in [0.1, 0.15) is 0 Å². The first kappa shape index (κ1) is 15.4. The van der Waals surface area contributed by atoms with Gasteiger partial charge in [0.25, 0.3) is 3.79 Å². The minimum atomic E-state index is -1.46. The van der Waals surface area contributed by atoms with Gasteiger partial charge in [0.15, 0.2) is 0 Å². The van der Waals surface area contributed by atoms with Crippen molar-refractivity contribution < 1.29 is 9.69 Å². The Morgan fingerprint density at radius 1 is 1.18 bits per heavy atom. The van der Waals surface area contributed by atoms with E-state index in [0.717, 1.165) is 30.8 Å². The third-order valence-corrected chi connectivity index (χ3v) is 3.70. The van der Waals surface area contributed by atoms with Crippen LogP contribution in [-0.2, 0) is 4.79 Å². The molecule has 0 bridgehead atoms. The largest absolute Gasteiger partial charge is 0.312 e. The van der Waals surface area contributed by atoms with Gasteiger partial charge in [0.05, 0.1) is 13.1 Å². The van der Waals surface area contributed by atoms with E-state index < -0.39 is 9.96 Å². The summed E-state index contributed by atoms with van der Waals surface area (Å²) in [6.07, 6.45) is 2.99. The van der Waals surface area contributed by atoms with Crippen molar-refractivity contribution >= 4 is 40.7 Å². The molecule has 1 amide bonds. The smallest absolute Gasteiger partial charge is 0.262 e. The molecule has 1 saturated heterocycles. The Morgan fingerprint density at radius 3 is 2.12 bits per heavy atom. The average Bonchev–Trinajstić information content (AvgIpc) is 2.25. The fourth-order valence-corrected chi connectivity index (χ4v) is 2.65. The quantitative estimate of drug-likeness (QED) is 0.762. The van der Waals surface area contributed by atoms with Crippen LogP contribution in [0.25, 0.3) is 0 Å². The molecule has 17 heavy (non-hydrogen) atoms. The molecule has 0 unspecified atom stereocenters. The maximum absolute atomic E-state index is 11.7. The molecule has 0 radical (unpaired) electrons. The molecule has 1 heterocycles. The average molecular weight is 303 g/mol. The van der Waals surface area contributed by atoms with E-state index >= 15 is 0 Å². The van der Waals surface area contributed by atoms with Crippen molar-refractivity contribution in [3.8, 4) is 0 Å². The van der Waals surface area contributed by atoms with Crippen molar-refractivity contribution in [3.63, 3.8) is 0 Å². The normalized spacial score (nSPS) is 20.4. The number of carbonyl (C=O) groups is 1. The van der Waals surface area contributed by atoms with E-state index in [0.29, 0.717) is 0 Å². The van der Waals surface area contributed by atoms with Crippen LogP contribution < -0.4 is 10.2 Å². The highest BCUT2D eigenvalue weighted by molar-refractivity contribution is 6.68. The van der Waals surface area contributed by atoms with Crippen LogP contribution in [0.4, 0.5) is 0 Å². The summed E-state index contributed by atoms with van der Waals surface area (Å²) in [4.78, 5) is 12.9. The van der Waals surface area contributed by atoms with Crippen LogP contribution >= 0.6 is 34.8 Å². The van der Waals surface area contributed by atoms with Gasteiger partial charge in [-0.05, 0) is 19.3 Å². The molecular weight excluding hydrogens is 282 g/mol. The summed E-state index contributed by atoms with van der Waals surface area (Å²) in [6, 6.07) is 0. The number of quaternary nitrogens is 1. The van der Waals surface area contributed by atoms with E-state index in [2.05, 4.69) is 5.32 Å². The number of alkyl halides is 3. The van der Waals surface area contributed by atoms with Crippen molar-refractivity contribution in [3.05, 3.63) is 0 Å². The van der Waals surface area contributed by atoms with Crippen LogP contribution in [0.5, 0.6) is 0 Å². The molecule has 1 fully saturated rings. The number of halogens is 3. The van der Waals surface area contributed by atoms with Crippen LogP contribution in [-0.4, -0.2) is 29.0 Å². The molecule has 0 saturated carbocycles. The lowest BCUT2D eigenvalue weighted by molar-refractivity contribution is -0.931. The highest BCUT2D eigenvalue weighted by atomic mass is 35.6. The van der Waals surface area contributed by atoms with Gasteiger partial charge in [-0.15, -0.1) is 0 Å². The van der Waals surface area contributed by atoms with Gasteiger partial charge in [-0.25, -0.2) is 0 Å². The van der Waals surface area contributed by atoms with E-state index in [-0.39, 0.29) is 11.8 Å². The topological polar surface area (TPSA) is 33.5 Å². The highest BCUT2D eigenvalue weighted by Gasteiger charge is 2.42. The summed E-state index contributed by atoms with van der Waals surface area (Å²) in [5, 5.41) is 2.85. The monoisotopic (exact) mass is 301 g/mol. The lowest BCUT2D eigenvalue weighted by Gasteiger charge is -2.35. The minimum absolute atomic E-state index is 0.0700. The number of likely N-dealkylation sites (tertiary alicyclic amines) is 1. The lowest BCUT2D eigenvalue weighted by atomic mass is 10.1. The van der Waals surface area contributed by atoms with Crippen molar-refractivity contribution in [1.29, 1.82) is 0 Å². The lowest BCUT2D eigenvalue weighted by Crippen LogP contribution is -3.20. The first-order valence-electron chi connectivity index (χ1n) is 6.04. The third-order valence-electron chi connectivity index (χ3n) is 3.04. The van der Waals surface area contributed by atoms with Crippen molar-refractivity contribution in [2.24, 2.45) is 5.92 Å². The molecule has 0 spiro atoms. The summed E-state index contributed by atoms with van der Waals surface area (Å²) < 4.78 is -1.46. The van der Waals surface area contributed by atoms with Gasteiger partial charge in [-0.1, -0.05) is 48.7 Å². The number of piperidine rings is 1. The van der Waals surface area contributed by atoms with Gasteiger partial charge in [0.2, 0.25) is 12.1 Å². The van der Waals surface area contributed by atoms with E-state index in [9.17, 15) is 4.79 Å². The maximum Gasteiger partial charge on any atom is 0.262 e. The Hall–Kier alpha value is 0.300. The van der Waals surface area contributed by atoms with Crippen LogP contribution in [0.3, 0.4) is 0 Å². The van der Waals surface area contributed by atoms with Gasteiger partial charge >= 0.3 is 0 Å². The van der Waals surface area contributed by atoms with E-state index in [1.807, 2.05) is 13.8 Å². The number of rotatable bonds is 3. The SMILES string of the molecule is CC(C)C(=O)N[C@H]([NH+]1CCCCC1)C(Cl)(Cl)Cl. The predicted molar refractivity (Wildman–Crippen MR) is 71.6 cm³/mol. The van der Waals surface area contributed by atoms with Crippen LogP contribution in [0, 0.1) is 5.92 Å². The minimum Gasteiger partial charge on any atom is -0.312 e. The van der Waals surface area contributed by atoms with Gasteiger partial charge in [-0.2, -0.15) is 0 Å². The Bertz CT molecular complexity index is 260. The molecule has 100 valence electrons. The van der Waals surface area contributed by atoms with E-state index in [1.165, 1.54) is 6.42 Å². The molecule has 1 aliphatic rings. The van der Waals surface area contributed by atoms with Crippen LogP contribution in [0.2, 0.25) is 0 Å². The second-order valence-corrected chi connectivity index (χ2v) is 7.23. The van der Waals surface area contributed by atoms with Crippen LogP contribution in [0.1, 0.15) is 33.1 Å². The molecule has 6 heteroatoms. The summed E-state index contributed by atoms with van der Waals surface area (Å²) in [5.41, 5.74) is 0. The number of hydrogen-bond donors (Lipinski definition) is 2. The summed E-state index contributed by atoms with van der Waals surface area (Å²) >= 11 is 17.9. The fourth-order valence-electron chi connectivity index (χ4n) is 2.02. The molecule has 1 rings (SSSR count). The highest BCUT2D eigenvalue weighted by Crippen LogP contribution is 2.28. The zero-order valence-electron chi connectivity index (χ0n) is 10.2. The molecule has 0 aliphatic carbocycles. The fraction of sp³-hybridized carbons (Fsp3) is 0.909. The first-order chi connectivity index (χ1) is 7.82. The summed E-state index contributed by atoms with van der Waals surface area (Å²) in [6.45, 7) is 5.54.